The van der Waals surface area contributed by atoms with E-state index in [9.17, 15) is 9.59 Å². The second kappa shape index (κ2) is 8.31. The molecular weight excluding hydrogens is 358 g/mol. The van der Waals surface area contributed by atoms with Crippen molar-refractivity contribution in [1.82, 2.24) is 9.88 Å². The Labute approximate surface area is 163 Å². The van der Waals surface area contributed by atoms with Crippen molar-refractivity contribution in [1.29, 1.82) is 0 Å². The number of aromatic nitrogens is 1. The zero-order valence-electron chi connectivity index (χ0n) is 15.7. The molecule has 0 atom stereocenters. The average molecular weight is 382 g/mol. The Balaban J connectivity index is 1.77. The maximum Gasteiger partial charge on any atom is 0.254 e. The van der Waals surface area contributed by atoms with Crippen LogP contribution >= 0.6 is 11.3 Å². The molecule has 27 heavy (non-hydrogen) atoms. The number of carbonyl (C=O) groups excluding carboxylic acids is 2. The topological polar surface area (TPSA) is 62.3 Å². The average Bonchev–Trinajstić information content (AvgIpc) is 3.04. The van der Waals surface area contributed by atoms with E-state index in [1.165, 1.54) is 11.3 Å². The van der Waals surface area contributed by atoms with E-state index in [-0.39, 0.29) is 24.3 Å². The monoisotopic (exact) mass is 381 g/mol. The van der Waals surface area contributed by atoms with E-state index < -0.39 is 0 Å². The number of anilines is 1. The number of hydrogen-bond donors (Lipinski definition) is 1. The van der Waals surface area contributed by atoms with E-state index in [0.717, 1.165) is 15.6 Å². The highest BCUT2D eigenvalue weighted by atomic mass is 32.1. The molecule has 0 aliphatic carbocycles. The van der Waals surface area contributed by atoms with Crippen molar-refractivity contribution < 1.29 is 9.59 Å². The molecule has 0 bridgehead atoms. The number of rotatable bonds is 6. The van der Waals surface area contributed by atoms with Gasteiger partial charge in [-0.15, -0.1) is 11.3 Å². The molecular formula is C21H23N3O2S. The van der Waals surface area contributed by atoms with E-state index in [1.54, 1.807) is 11.1 Å². The third-order valence-electron chi connectivity index (χ3n) is 4.07. The number of nitrogens with one attached hydrogen (secondary N) is 1. The van der Waals surface area contributed by atoms with E-state index in [4.69, 9.17) is 0 Å². The number of benzene rings is 2. The highest BCUT2D eigenvalue weighted by Gasteiger charge is 2.20. The third-order valence-corrected chi connectivity index (χ3v) is 4.90. The molecule has 1 aromatic heterocycles. The second-order valence-corrected chi connectivity index (χ2v) is 8.20. The summed E-state index contributed by atoms with van der Waals surface area (Å²) in [6.45, 7) is 6.51. The lowest BCUT2D eigenvalue weighted by Crippen LogP contribution is -2.40. The lowest BCUT2D eigenvalue weighted by atomic mass is 10.1. The Kier molecular flexibility index (Phi) is 5.86. The molecule has 6 heteroatoms. The highest BCUT2D eigenvalue weighted by Crippen LogP contribution is 2.19. The number of hydrogen-bond acceptors (Lipinski definition) is 4. The van der Waals surface area contributed by atoms with Crippen LogP contribution in [0.15, 0.2) is 48.7 Å². The van der Waals surface area contributed by atoms with E-state index >= 15 is 0 Å². The lowest BCUT2D eigenvalue weighted by molar-refractivity contribution is -0.117. The molecule has 0 unspecified atom stereocenters. The fourth-order valence-electron chi connectivity index (χ4n) is 2.91. The molecule has 2 aromatic carbocycles. The van der Waals surface area contributed by atoms with Crippen molar-refractivity contribution in [3.63, 3.8) is 0 Å². The number of carbonyl (C=O) groups is 2. The molecule has 0 spiro atoms. The van der Waals surface area contributed by atoms with Gasteiger partial charge in [0.05, 0.1) is 0 Å². The van der Waals surface area contributed by atoms with Crippen LogP contribution in [0.3, 0.4) is 0 Å². The fraction of sp³-hybridized carbons (Fsp3) is 0.286. The minimum Gasteiger partial charge on any atom is -0.329 e. The second-order valence-electron chi connectivity index (χ2n) is 6.97. The first-order valence-corrected chi connectivity index (χ1v) is 9.74. The van der Waals surface area contributed by atoms with Crippen molar-refractivity contribution in [2.45, 2.75) is 20.8 Å². The standard InChI is InChI=1S/C21H23N3O2S/c1-14(2)12-24(13-19(25)23-21-22-11-15(3)27-21)20(26)18-9-8-16-6-4-5-7-17(16)10-18/h4-11,14H,12-13H2,1-3H3,(H,22,23,25). The van der Waals surface area contributed by atoms with Crippen molar-refractivity contribution in [3.05, 3.63) is 59.1 Å². The van der Waals surface area contributed by atoms with Crippen LogP contribution in [-0.2, 0) is 4.79 Å². The molecule has 5 nitrogen and oxygen atoms in total. The Morgan fingerprint density at radius 3 is 2.56 bits per heavy atom. The van der Waals surface area contributed by atoms with Gasteiger partial charge in [0.1, 0.15) is 6.54 Å². The summed E-state index contributed by atoms with van der Waals surface area (Å²) in [5.41, 5.74) is 0.590. The van der Waals surface area contributed by atoms with E-state index in [0.29, 0.717) is 17.2 Å². The maximum absolute atomic E-state index is 13.0. The van der Waals surface area contributed by atoms with E-state index in [1.807, 2.05) is 63.2 Å². The molecule has 1 heterocycles. The van der Waals surface area contributed by atoms with Crippen LogP contribution in [0, 0.1) is 12.8 Å². The Morgan fingerprint density at radius 2 is 1.89 bits per heavy atom. The first-order valence-electron chi connectivity index (χ1n) is 8.92. The van der Waals surface area contributed by atoms with Gasteiger partial charge in [0.2, 0.25) is 5.91 Å². The molecule has 3 rings (SSSR count). The van der Waals surface area contributed by atoms with Crippen LogP contribution < -0.4 is 5.32 Å². The molecule has 0 radical (unpaired) electrons. The molecule has 3 aromatic rings. The fourth-order valence-corrected chi connectivity index (χ4v) is 3.59. The number of aryl methyl sites for hydroxylation is 1. The van der Waals surface area contributed by atoms with Crippen LogP contribution in [0.2, 0.25) is 0 Å². The molecule has 140 valence electrons. The van der Waals surface area contributed by atoms with Gasteiger partial charge in [0, 0.05) is 23.2 Å². The van der Waals surface area contributed by atoms with Gasteiger partial charge in [-0.25, -0.2) is 4.98 Å². The van der Waals surface area contributed by atoms with Crippen LogP contribution in [0.25, 0.3) is 10.8 Å². The maximum atomic E-state index is 13.0. The minimum absolute atomic E-state index is 0.00245. The van der Waals surface area contributed by atoms with Gasteiger partial charge in [-0.05, 0) is 35.7 Å². The summed E-state index contributed by atoms with van der Waals surface area (Å²) in [5, 5.41) is 5.43. The Bertz CT molecular complexity index is 965. The Hall–Kier alpha value is -2.73. The third kappa shape index (κ3) is 4.92. The van der Waals surface area contributed by atoms with Gasteiger partial charge in [0.25, 0.3) is 5.91 Å². The molecule has 0 aliphatic rings. The van der Waals surface area contributed by atoms with Crippen LogP contribution in [0.1, 0.15) is 29.1 Å². The minimum atomic E-state index is -0.237. The van der Waals surface area contributed by atoms with Gasteiger partial charge < -0.3 is 10.2 Å². The van der Waals surface area contributed by atoms with Crippen molar-refractivity contribution >= 4 is 39.1 Å². The zero-order chi connectivity index (χ0) is 19.4. The SMILES string of the molecule is Cc1cnc(NC(=O)CN(CC(C)C)C(=O)c2ccc3ccccc3c2)s1. The predicted molar refractivity (Wildman–Crippen MR) is 110 cm³/mol. The quantitative estimate of drug-likeness (QED) is 0.691. The normalized spacial score (nSPS) is 11.0. The van der Waals surface area contributed by atoms with Gasteiger partial charge in [-0.2, -0.15) is 0 Å². The Morgan fingerprint density at radius 1 is 1.15 bits per heavy atom. The van der Waals surface area contributed by atoms with Crippen molar-refractivity contribution in [2.24, 2.45) is 5.92 Å². The number of nitrogens with zero attached hydrogens (tertiary/aromatic N) is 2. The lowest BCUT2D eigenvalue weighted by Gasteiger charge is -2.24. The smallest absolute Gasteiger partial charge is 0.254 e. The van der Waals surface area contributed by atoms with Gasteiger partial charge in [-0.3, -0.25) is 9.59 Å². The zero-order valence-corrected chi connectivity index (χ0v) is 16.5. The summed E-state index contributed by atoms with van der Waals surface area (Å²) in [5.74, 6) is -0.122. The summed E-state index contributed by atoms with van der Waals surface area (Å²) in [6, 6.07) is 13.6. The number of thiazole rings is 1. The summed E-state index contributed by atoms with van der Waals surface area (Å²) < 4.78 is 0. The summed E-state index contributed by atoms with van der Waals surface area (Å²) >= 11 is 1.42. The molecule has 0 fully saturated rings. The summed E-state index contributed by atoms with van der Waals surface area (Å²) in [4.78, 5) is 32.2. The molecule has 2 amide bonds. The van der Waals surface area contributed by atoms with Crippen molar-refractivity contribution in [2.75, 3.05) is 18.4 Å². The summed E-state index contributed by atoms with van der Waals surface area (Å²) in [6.07, 6.45) is 1.71. The van der Waals surface area contributed by atoms with Crippen LogP contribution in [-0.4, -0.2) is 34.8 Å². The largest absolute Gasteiger partial charge is 0.329 e. The molecule has 0 saturated carbocycles. The van der Waals surface area contributed by atoms with Crippen LogP contribution in [0.5, 0.6) is 0 Å². The van der Waals surface area contributed by atoms with E-state index in [2.05, 4.69) is 10.3 Å². The molecule has 0 aliphatic heterocycles. The molecule has 0 saturated heterocycles. The number of amides is 2. The molecule has 1 N–H and O–H groups in total. The number of fused-ring (bicyclic) bond motifs is 1. The highest BCUT2D eigenvalue weighted by molar-refractivity contribution is 7.15. The predicted octanol–water partition coefficient (Wildman–Crippen LogP) is 4.34. The van der Waals surface area contributed by atoms with Crippen molar-refractivity contribution in [3.8, 4) is 0 Å². The van der Waals surface area contributed by atoms with Gasteiger partial charge >= 0.3 is 0 Å². The van der Waals surface area contributed by atoms with Gasteiger partial charge in [0.15, 0.2) is 5.13 Å². The summed E-state index contributed by atoms with van der Waals surface area (Å²) in [7, 11) is 0. The first-order chi connectivity index (χ1) is 12.9. The first kappa shape index (κ1) is 19.0. The van der Waals surface area contributed by atoms with Crippen LogP contribution in [0.4, 0.5) is 5.13 Å². The van der Waals surface area contributed by atoms with Gasteiger partial charge in [-0.1, -0.05) is 44.2 Å².